The number of rotatable bonds is 3. The van der Waals surface area contributed by atoms with Crippen LogP contribution in [0.4, 0.5) is 8.78 Å². The van der Waals surface area contributed by atoms with Gasteiger partial charge in [0.05, 0.1) is 0 Å². The maximum Gasteiger partial charge on any atom is 0.247 e. The zero-order chi connectivity index (χ0) is 14.7. The van der Waals surface area contributed by atoms with Crippen molar-refractivity contribution in [2.75, 3.05) is 6.54 Å². The topological polar surface area (TPSA) is 63.4 Å². The number of primary amides is 1. The van der Waals surface area contributed by atoms with Gasteiger partial charge in [0.2, 0.25) is 11.8 Å². The van der Waals surface area contributed by atoms with Crippen LogP contribution >= 0.6 is 0 Å². The van der Waals surface area contributed by atoms with Gasteiger partial charge < -0.3 is 10.6 Å². The minimum Gasteiger partial charge on any atom is -0.368 e. The monoisotopic (exact) mass is 280 g/mol. The van der Waals surface area contributed by atoms with Gasteiger partial charge in [-0.2, -0.15) is 0 Å². The molecule has 0 aromatic heterocycles. The number of hydrogen-bond acceptors (Lipinski definition) is 2. The van der Waals surface area contributed by atoms with Crippen LogP contribution in [0.25, 0.3) is 6.08 Å². The molecular weight excluding hydrogens is 266 g/mol. The fourth-order valence-electron chi connectivity index (χ4n) is 2.25. The first-order chi connectivity index (χ1) is 9.50. The summed E-state index contributed by atoms with van der Waals surface area (Å²) in [5, 5.41) is 0. The van der Waals surface area contributed by atoms with Crippen molar-refractivity contribution in [2.24, 2.45) is 5.73 Å². The summed E-state index contributed by atoms with van der Waals surface area (Å²) in [6.45, 7) is 0.413. The Morgan fingerprint density at radius 2 is 1.95 bits per heavy atom. The van der Waals surface area contributed by atoms with E-state index < -0.39 is 29.5 Å². The SMILES string of the molecule is NC(=O)C1CCCN1C(=O)/C=C/c1c(F)cccc1F. The minimum absolute atomic E-state index is 0.282. The quantitative estimate of drug-likeness (QED) is 0.852. The average Bonchev–Trinajstić information content (AvgIpc) is 2.87. The highest BCUT2D eigenvalue weighted by molar-refractivity contribution is 5.95. The molecule has 2 rings (SSSR count). The van der Waals surface area contributed by atoms with Gasteiger partial charge >= 0.3 is 0 Å². The molecule has 1 fully saturated rings. The van der Waals surface area contributed by atoms with Crippen molar-refractivity contribution in [3.63, 3.8) is 0 Å². The Labute approximate surface area is 114 Å². The van der Waals surface area contributed by atoms with Gasteiger partial charge in [0, 0.05) is 18.2 Å². The second kappa shape index (κ2) is 5.81. The number of benzene rings is 1. The maximum atomic E-state index is 13.4. The highest BCUT2D eigenvalue weighted by Gasteiger charge is 2.31. The first-order valence-electron chi connectivity index (χ1n) is 6.22. The van der Waals surface area contributed by atoms with E-state index in [9.17, 15) is 18.4 Å². The summed E-state index contributed by atoms with van der Waals surface area (Å²) >= 11 is 0. The van der Waals surface area contributed by atoms with Gasteiger partial charge in [-0.15, -0.1) is 0 Å². The van der Waals surface area contributed by atoms with Gasteiger partial charge in [-0.25, -0.2) is 8.78 Å². The van der Waals surface area contributed by atoms with E-state index in [1.165, 1.54) is 11.0 Å². The Hall–Kier alpha value is -2.24. The maximum absolute atomic E-state index is 13.4. The van der Waals surface area contributed by atoms with Crippen LogP contribution in [0.1, 0.15) is 18.4 Å². The lowest BCUT2D eigenvalue weighted by Gasteiger charge is -2.20. The summed E-state index contributed by atoms with van der Waals surface area (Å²) in [6.07, 6.45) is 3.33. The zero-order valence-corrected chi connectivity index (χ0v) is 10.7. The molecule has 0 aliphatic carbocycles. The normalized spacial score (nSPS) is 18.7. The molecule has 1 heterocycles. The molecule has 1 unspecified atom stereocenters. The van der Waals surface area contributed by atoms with Gasteiger partial charge in [0.15, 0.2) is 0 Å². The van der Waals surface area contributed by atoms with Gasteiger partial charge in [0.25, 0.3) is 0 Å². The molecule has 1 saturated heterocycles. The van der Waals surface area contributed by atoms with Crippen LogP contribution in [0, 0.1) is 11.6 Å². The molecule has 1 aromatic carbocycles. The Morgan fingerprint density at radius 1 is 1.30 bits per heavy atom. The molecule has 0 saturated carbocycles. The number of hydrogen-bond donors (Lipinski definition) is 1. The third-order valence-electron chi connectivity index (χ3n) is 3.26. The van der Waals surface area contributed by atoms with Crippen molar-refractivity contribution in [3.8, 4) is 0 Å². The summed E-state index contributed by atoms with van der Waals surface area (Å²) < 4.78 is 26.8. The second-order valence-electron chi connectivity index (χ2n) is 4.56. The highest BCUT2D eigenvalue weighted by Crippen LogP contribution is 2.18. The number of carbonyl (C=O) groups excluding carboxylic acids is 2. The first kappa shape index (κ1) is 14.2. The predicted octanol–water partition coefficient (Wildman–Crippen LogP) is 1.45. The number of likely N-dealkylation sites (tertiary alicyclic amines) is 1. The molecule has 20 heavy (non-hydrogen) atoms. The van der Waals surface area contributed by atoms with Crippen molar-refractivity contribution in [1.29, 1.82) is 0 Å². The van der Waals surface area contributed by atoms with Crippen LogP contribution in [-0.4, -0.2) is 29.3 Å². The van der Waals surface area contributed by atoms with E-state index in [-0.39, 0.29) is 5.56 Å². The van der Waals surface area contributed by atoms with Crippen molar-refractivity contribution in [3.05, 3.63) is 41.5 Å². The average molecular weight is 280 g/mol. The van der Waals surface area contributed by atoms with Crippen LogP contribution in [0.2, 0.25) is 0 Å². The summed E-state index contributed by atoms with van der Waals surface area (Å²) in [5.41, 5.74) is 4.92. The third kappa shape index (κ3) is 2.84. The number of nitrogens with zero attached hydrogens (tertiary/aromatic N) is 1. The Morgan fingerprint density at radius 3 is 2.55 bits per heavy atom. The van der Waals surface area contributed by atoms with E-state index in [0.29, 0.717) is 19.4 Å². The predicted molar refractivity (Wildman–Crippen MR) is 69.3 cm³/mol. The summed E-state index contributed by atoms with van der Waals surface area (Å²) in [4.78, 5) is 24.4. The molecule has 1 atom stereocenters. The van der Waals surface area contributed by atoms with E-state index in [1.54, 1.807) is 0 Å². The lowest BCUT2D eigenvalue weighted by Crippen LogP contribution is -2.43. The van der Waals surface area contributed by atoms with E-state index in [4.69, 9.17) is 5.73 Å². The molecule has 0 radical (unpaired) electrons. The van der Waals surface area contributed by atoms with Crippen molar-refractivity contribution in [2.45, 2.75) is 18.9 Å². The second-order valence-corrected chi connectivity index (χ2v) is 4.56. The fraction of sp³-hybridized carbons (Fsp3) is 0.286. The number of nitrogens with two attached hydrogens (primary N) is 1. The van der Waals surface area contributed by atoms with Crippen LogP contribution in [0.5, 0.6) is 0 Å². The largest absolute Gasteiger partial charge is 0.368 e. The molecule has 1 aliphatic rings. The molecule has 2 amide bonds. The van der Waals surface area contributed by atoms with Gasteiger partial charge in [-0.05, 0) is 31.1 Å². The Kier molecular flexibility index (Phi) is 4.12. The fourth-order valence-corrected chi connectivity index (χ4v) is 2.25. The smallest absolute Gasteiger partial charge is 0.247 e. The molecule has 1 aliphatic heterocycles. The number of halogens is 2. The van der Waals surface area contributed by atoms with E-state index >= 15 is 0 Å². The van der Waals surface area contributed by atoms with Crippen molar-refractivity contribution < 1.29 is 18.4 Å². The summed E-state index contributed by atoms with van der Waals surface area (Å²) in [6, 6.07) is 2.82. The molecule has 1 aromatic rings. The lowest BCUT2D eigenvalue weighted by atomic mass is 10.1. The summed E-state index contributed by atoms with van der Waals surface area (Å²) in [5.74, 6) is -2.54. The molecule has 106 valence electrons. The number of amides is 2. The molecule has 0 spiro atoms. The Balaban J connectivity index is 2.15. The van der Waals surface area contributed by atoms with Gasteiger partial charge in [0.1, 0.15) is 17.7 Å². The molecular formula is C14H14F2N2O2. The van der Waals surface area contributed by atoms with Crippen LogP contribution < -0.4 is 5.73 Å². The van der Waals surface area contributed by atoms with E-state index in [2.05, 4.69) is 0 Å². The third-order valence-corrected chi connectivity index (χ3v) is 3.26. The molecule has 2 N–H and O–H groups in total. The van der Waals surface area contributed by atoms with Gasteiger partial charge in [-0.1, -0.05) is 6.07 Å². The van der Waals surface area contributed by atoms with E-state index in [1.807, 2.05) is 0 Å². The molecule has 4 nitrogen and oxygen atoms in total. The first-order valence-corrected chi connectivity index (χ1v) is 6.22. The number of carbonyl (C=O) groups is 2. The van der Waals surface area contributed by atoms with E-state index in [0.717, 1.165) is 24.3 Å². The Bertz CT molecular complexity index is 552. The standard InChI is InChI=1S/C14H14F2N2O2/c15-10-3-1-4-11(16)9(10)6-7-13(19)18-8-2-5-12(18)14(17)20/h1,3-4,6-7,12H,2,5,8H2,(H2,17,20)/b7-6+. The minimum atomic E-state index is -0.748. The van der Waals surface area contributed by atoms with Crippen molar-refractivity contribution in [1.82, 2.24) is 4.90 Å². The van der Waals surface area contributed by atoms with Crippen LogP contribution in [0.15, 0.2) is 24.3 Å². The highest BCUT2D eigenvalue weighted by atomic mass is 19.1. The van der Waals surface area contributed by atoms with Crippen LogP contribution in [0.3, 0.4) is 0 Å². The zero-order valence-electron chi connectivity index (χ0n) is 10.7. The van der Waals surface area contributed by atoms with Crippen LogP contribution in [-0.2, 0) is 9.59 Å². The lowest BCUT2D eigenvalue weighted by molar-refractivity contribution is -0.133. The van der Waals surface area contributed by atoms with Gasteiger partial charge in [-0.3, -0.25) is 9.59 Å². The molecule has 6 heteroatoms. The summed E-state index contributed by atoms with van der Waals surface area (Å²) in [7, 11) is 0. The molecule has 0 bridgehead atoms. The van der Waals surface area contributed by atoms with Crippen molar-refractivity contribution >= 4 is 17.9 Å².